The van der Waals surface area contributed by atoms with Crippen molar-refractivity contribution in [2.24, 2.45) is 17.3 Å². The van der Waals surface area contributed by atoms with Crippen LogP contribution in [0.4, 0.5) is 0 Å². The number of ketones is 1. The summed E-state index contributed by atoms with van der Waals surface area (Å²) in [6.07, 6.45) is 10.1. The predicted molar refractivity (Wildman–Crippen MR) is 62.6 cm³/mol. The first-order chi connectivity index (χ1) is 7.17. The molecule has 0 spiro atoms. The van der Waals surface area contributed by atoms with Gasteiger partial charge in [-0.05, 0) is 37.0 Å². The van der Waals surface area contributed by atoms with E-state index in [1.54, 1.807) is 0 Å². The van der Waals surface area contributed by atoms with Crippen LogP contribution in [0.15, 0.2) is 12.7 Å². The molecule has 0 aliphatic heterocycles. The SMILES string of the molecule is C=CCC1C(=O)CC[C@]2(C)CCCC[C@@H]12. The first-order valence-corrected chi connectivity index (χ1v) is 6.31. The third kappa shape index (κ3) is 1.89. The summed E-state index contributed by atoms with van der Waals surface area (Å²) in [5.74, 6) is 1.44. The number of Topliss-reactive ketones (excluding diaryl/α,β-unsaturated/α-hetero) is 1. The highest BCUT2D eigenvalue weighted by Gasteiger charge is 2.46. The molecule has 0 aromatic heterocycles. The molecule has 1 nitrogen and oxygen atoms in total. The summed E-state index contributed by atoms with van der Waals surface area (Å²) in [7, 11) is 0. The molecule has 15 heavy (non-hydrogen) atoms. The Hall–Kier alpha value is -0.590. The maximum Gasteiger partial charge on any atom is 0.136 e. The van der Waals surface area contributed by atoms with Gasteiger partial charge in [-0.3, -0.25) is 4.79 Å². The molecule has 0 N–H and O–H groups in total. The van der Waals surface area contributed by atoms with Crippen LogP contribution in [-0.2, 0) is 4.79 Å². The number of hydrogen-bond donors (Lipinski definition) is 0. The van der Waals surface area contributed by atoms with Crippen molar-refractivity contribution in [2.75, 3.05) is 0 Å². The van der Waals surface area contributed by atoms with E-state index in [1.807, 2.05) is 6.08 Å². The Morgan fingerprint density at radius 1 is 1.47 bits per heavy atom. The maximum absolute atomic E-state index is 11.9. The van der Waals surface area contributed by atoms with E-state index in [9.17, 15) is 4.79 Å². The van der Waals surface area contributed by atoms with E-state index in [0.29, 0.717) is 23.0 Å². The Morgan fingerprint density at radius 3 is 3.00 bits per heavy atom. The largest absolute Gasteiger partial charge is 0.299 e. The highest BCUT2D eigenvalue weighted by Crippen LogP contribution is 2.52. The minimum atomic E-state index is 0.293. The molecule has 84 valence electrons. The van der Waals surface area contributed by atoms with Crippen LogP contribution in [0, 0.1) is 17.3 Å². The van der Waals surface area contributed by atoms with Crippen LogP contribution in [0.1, 0.15) is 51.9 Å². The Balaban J connectivity index is 2.19. The van der Waals surface area contributed by atoms with Crippen molar-refractivity contribution < 1.29 is 4.79 Å². The van der Waals surface area contributed by atoms with Crippen molar-refractivity contribution >= 4 is 5.78 Å². The first-order valence-electron chi connectivity index (χ1n) is 6.31. The Morgan fingerprint density at radius 2 is 2.27 bits per heavy atom. The quantitative estimate of drug-likeness (QED) is 0.629. The van der Waals surface area contributed by atoms with Gasteiger partial charge in [-0.1, -0.05) is 25.8 Å². The summed E-state index contributed by atoms with van der Waals surface area (Å²) < 4.78 is 0. The van der Waals surface area contributed by atoms with E-state index in [0.717, 1.165) is 19.3 Å². The zero-order valence-electron chi connectivity index (χ0n) is 9.80. The summed E-state index contributed by atoms with van der Waals surface area (Å²) in [4.78, 5) is 11.9. The van der Waals surface area contributed by atoms with Gasteiger partial charge in [0, 0.05) is 12.3 Å². The average molecular weight is 206 g/mol. The predicted octanol–water partition coefficient (Wildman–Crippen LogP) is 3.74. The third-order valence-corrected chi connectivity index (χ3v) is 4.67. The molecule has 2 aliphatic carbocycles. The van der Waals surface area contributed by atoms with Crippen LogP contribution < -0.4 is 0 Å². The summed E-state index contributed by atoms with van der Waals surface area (Å²) in [5, 5.41) is 0. The molecular formula is C14H22O. The van der Waals surface area contributed by atoms with Gasteiger partial charge in [0.25, 0.3) is 0 Å². The van der Waals surface area contributed by atoms with Gasteiger partial charge in [0.2, 0.25) is 0 Å². The Labute approximate surface area is 92.9 Å². The number of hydrogen-bond acceptors (Lipinski definition) is 1. The van der Waals surface area contributed by atoms with Crippen LogP contribution in [0.2, 0.25) is 0 Å². The van der Waals surface area contributed by atoms with E-state index >= 15 is 0 Å². The molecule has 0 aromatic rings. The molecule has 2 rings (SSSR count). The molecule has 2 aliphatic rings. The number of rotatable bonds is 2. The summed E-state index contributed by atoms with van der Waals surface area (Å²) >= 11 is 0. The second kappa shape index (κ2) is 4.11. The van der Waals surface area contributed by atoms with Crippen molar-refractivity contribution in [1.82, 2.24) is 0 Å². The van der Waals surface area contributed by atoms with Gasteiger partial charge in [-0.2, -0.15) is 0 Å². The van der Waals surface area contributed by atoms with Crippen molar-refractivity contribution in [2.45, 2.75) is 51.9 Å². The van der Waals surface area contributed by atoms with Crippen LogP contribution in [0.25, 0.3) is 0 Å². The number of fused-ring (bicyclic) bond motifs is 1. The fourth-order valence-electron chi connectivity index (χ4n) is 3.72. The van der Waals surface area contributed by atoms with Crippen molar-refractivity contribution in [3.8, 4) is 0 Å². The highest BCUT2D eigenvalue weighted by atomic mass is 16.1. The molecule has 0 saturated heterocycles. The van der Waals surface area contributed by atoms with E-state index < -0.39 is 0 Å². The molecule has 1 heteroatoms. The average Bonchev–Trinajstić information content (AvgIpc) is 2.23. The van der Waals surface area contributed by atoms with Gasteiger partial charge in [0.1, 0.15) is 5.78 Å². The second-order valence-corrected chi connectivity index (χ2v) is 5.60. The molecule has 0 amide bonds. The topological polar surface area (TPSA) is 17.1 Å². The lowest BCUT2D eigenvalue weighted by Gasteiger charge is -2.48. The summed E-state index contributed by atoms with van der Waals surface area (Å²) in [6.45, 7) is 6.20. The van der Waals surface area contributed by atoms with Crippen LogP contribution in [0.5, 0.6) is 0 Å². The molecule has 0 heterocycles. The van der Waals surface area contributed by atoms with Crippen LogP contribution in [0.3, 0.4) is 0 Å². The maximum atomic E-state index is 11.9. The van der Waals surface area contributed by atoms with Gasteiger partial charge in [-0.15, -0.1) is 6.58 Å². The smallest absolute Gasteiger partial charge is 0.136 e. The molecule has 0 radical (unpaired) electrons. The van der Waals surface area contributed by atoms with E-state index in [1.165, 1.54) is 25.7 Å². The van der Waals surface area contributed by atoms with Crippen LogP contribution >= 0.6 is 0 Å². The lowest BCUT2D eigenvalue weighted by Crippen LogP contribution is -2.43. The lowest BCUT2D eigenvalue weighted by atomic mass is 9.56. The van der Waals surface area contributed by atoms with E-state index in [-0.39, 0.29) is 0 Å². The minimum Gasteiger partial charge on any atom is -0.299 e. The minimum absolute atomic E-state index is 0.293. The molecule has 0 bridgehead atoms. The highest BCUT2D eigenvalue weighted by molar-refractivity contribution is 5.82. The van der Waals surface area contributed by atoms with Gasteiger partial charge >= 0.3 is 0 Å². The zero-order chi connectivity index (χ0) is 10.9. The Bertz CT molecular complexity index is 269. The number of carbonyl (C=O) groups excluding carboxylic acids is 1. The van der Waals surface area contributed by atoms with Gasteiger partial charge < -0.3 is 0 Å². The molecular weight excluding hydrogens is 184 g/mol. The van der Waals surface area contributed by atoms with Crippen molar-refractivity contribution in [3.05, 3.63) is 12.7 Å². The van der Waals surface area contributed by atoms with Gasteiger partial charge in [0.05, 0.1) is 0 Å². The fourth-order valence-corrected chi connectivity index (χ4v) is 3.72. The monoisotopic (exact) mass is 206 g/mol. The summed E-state index contributed by atoms with van der Waals surface area (Å²) in [6, 6.07) is 0. The number of allylic oxidation sites excluding steroid dienone is 1. The molecule has 2 fully saturated rings. The number of carbonyl (C=O) groups is 1. The molecule has 1 unspecified atom stereocenters. The second-order valence-electron chi connectivity index (χ2n) is 5.60. The summed E-state index contributed by atoms with van der Waals surface area (Å²) in [5.41, 5.74) is 0.458. The molecule has 3 atom stereocenters. The van der Waals surface area contributed by atoms with Crippen molar-refractivity contribution in [1.29, 1.82) is 0 Å². The van der Waals surface area contributed by atoms with E-state index in [4.69, 9.17) is 0 Å². The normalized spacial score (nSPS) is 41.0. The molecule has 0 aromatic carbocycles. The molecule has 2 saturated carbocycles. The third-order valence-electron chi connectivity index (χ3n) is 4.67. The standard InChI is InChI=1S/C14H22O/c1-3-6-11-12-7-4-5-9-14(12,2)10-8-13(11)15/h3,11-12H,1,4-10H2,2H3/t11?,12-,14-/m0/s1. The van der Waals surface area contributed by atoms with E-state index in [2.05, 4.69) is 13.5 Å². The zero-order valence-corrected chi connectivity index (χ0v) is 9.80. The fraction of sp³-hybridized carbons (Fsp3) is 0.786. The van der Waals surface area contributed by atoms with Gasteiger partial charge in [0.15, 0.2) is 0 Å². The lowest BCUT2D eigenvalue weighted by molar-refractivity contribution is -0.133. The van der Waals surface area contributed by atoms with Crippen LogP contribution in [-0.4, -0.2) is 5.78 Å². The Kier molecular flexibility index (Phi) is 2.99. The van der Waals surface area contributed by atoms with Crippen molar-refractivity contribution in [3.63, 3.8) is 0 Å². The first kappa shape index (κ1) is 10.9. The van der Waals surface area contributed by atoms with Gasteiger partial charge in [-0.25, -0.2) is 0 Å².